The van der Waals surface area contributed by atoms with Gasteiger partial charge in [0.2, 0.25) is 11.8 Å². The molecule has 1 aromatic carbocycles. The number of carbonyl (C=O) groups is 3. The molecule has 5 heteroatoms. The van der Waals surface area contributed by atoms with Gasteiger partial charge in [-0.05, 0) is 31.4 Å². The number of ketones is 1. The van der Waals surface area contributed by atoms with Gasteiger partial charge in [0, 0.05) is 31.7 Å². The lowest BCUT2D eigenvalue weighted by molar-refractivity contribution is -0.130. The minimum Gasteiger partial charge on any atom is -0.324 e. The van der Waals surface area contributed by atoms with Crippen molar-refractivity contribution >= 4 is 29.0 Å². The van der Waals surface area contributed by atoms with Gasteiger partial charge in [-0.2, -0.15) is 0 Å². The van der Waals surface area contributed by atoms with Gasteiger partial charge in [-0.1, -0.05) is 65.5 Å². The zero-order chi connectivity index (χ0) is 22.6. The summed E-state index contributed by atoms with van der Waals surface area (Å²) in [5.74, 6) is -0.00883. The number of nitrogens with one attached hydrogen (secondary N) is 1. The topological polar surface area (TPSA) is 66.5 Å². The molecule has 0 aliphatic carbocycles. The fraction of sp³-hybridized carbons (Fsp3) is 0.640. The number of carbonyl (C=O) groups excluding carboxylic acids is 3. The number of nitrogens with zero attached hydrogens (tertiary/aromatic N) is 1. The molecule has 0 radical (unpaired) electrons. The van der Waals surface area contributed by atoms with Crippen LogP contribution in [-0.4, -0.2) is 24.6 Å². The van der Waals surface area contributed by atoms with Crippen molar-refractivity contribution in [1.29, 1.82) is 0 Å². The van der Waals surface area contributed by atoms with Crippen LogP contribution in [0, 0.1) is 5.41 Å². The van der Waals surface area contributed by atoms with E-state index in [1.165, 1.54) is 0 Å². The molecule has 0 aliphatic rings. The van der Waals surface area contributed by atoms with E-state index in [1.54, 1.807) is 18.0 Å². The van der Waals surface area contributed by atoms with Gasteiger partial charge >= 0.3 is 0 Å². The normalized spacial score (nSPS) is 12.8. The van der Waals surface area contributed by atoms with Crippen LogP contribution in [-0.2, 0) is 14.4 Å². The minimum absolute atomic E-state index is 0.0428. The molecule has 0 saturated heterocycles. The number of Topliss-reactive ketones (excluding diaryl/α,β-unsaturated/α-hetero) is 1. The minimum atomic E-state index is -0.350. The predicted octanol–water partition coefficient (Wildman–Crippen LogP) is 6.12. The highest BCUT2D eigenvalue weighted by atomic mass is 16.2. The van der Waals surface area contributed by atoms with E-state index in [1.807, 2.05) is 32.0 Å². The van der Waals surface area contributed by atoms with Crippen LogP contribution in [0.1, 0.15) is 91.9 Å². The molecule has 1 aromatic rings. The van der Waals surface area contributed by atoms with Crippen LogP contribution < -0.4 is 10.2 Å². The number of rotatable bonds is 14. The summed E-state index contributed by atoms with van der Waals surface area (Å²) in [6.45, 7) is 8.24. The van der Waals surface area contributed by atoms with E-state index in [2.05, 4.69) is 19.2 Å². The lowest BCUT2D eigenvalue weighted by atomic mass is 9.77. The fourth-order valence-corrected chi connectivity index (χ4v) is 3.68. The summed E-state index contributed by atoms with van der Waals surface area (Å²) in [7, 11) is 1.74. The van der Waals surface area contributed by atoms with E-state index in [0.29, 0.717) is 17.8 Å². The lowest BCUT2D eigenvalue weighted by Gasteiger charge is -2.26. The fourth-order valence-electron chi connectivity index (χ4n) is 3.68. The zero-order valence-corrected chi connectivity index (χ0v) is 19.6. The number of unbranched alkanes of at least 4 members (excludes halogenated alkanes) is 3. The summed E-state index contributed by atoms with van der Waals surface area (Å²) >= 11 is 0. The van der Waals surface area contributed by atoms with Crippen LogP contribution in [0.5, 0.6) is 0 Å². The smallest absolute Gasteiger partial charge is 0.226 e. The molecule has 0 bridgehead atoms. The van der Waals surface area contributed by atoms with E-state index < -0.39 is 0 Å². The van der Waals surface area contributed by atoms with Crippen molar-refractivity contribution in [2.45, 2.75) is 91.9 Å². The second-order valence-electron chi connectivity index (χ2n) is 8.42. The second kappa shape index (κ2) is 13.2. The molecule has 0 saturated carbocycles. The van der Waals surface area contributed by atoms with Crippen LogP contribution in [0.25, 0.3) is 0 Å². The lowest BCUT2D eigenvalue weighted by Crippen LogP contribution is -2.29. The molecule has 2 amide bonds. The Morgan fingerprint density at radius 3 is 2.27 bits per heavy atom. The number of hydrogen-bond donors (Lipinski definition) is 1. The molecule has 30 heavy (non-hydrogen) atoms. The number of anilines is 2. The molecule has 1 unspecified atom stereocenters. The van der Waals surface area contributed by atoms with Crippen LogP contribution >= 0.6 is 0 Å². The Bertz CT molecular complexity index is 701. The number of amides is 2. The zero-order valence-electron chi connectivity index (χ0n) is 19.6. The Balaban J connectivity index is 2.70. The Morgan fingerprint density at radius 2 is 1.63 bits per heavy atom. The van der Waals surface area contributed by atoms with Gasteiger partial charge in [-0.15, -0.1) is 0 Å². The van der Waals surface area contributed by atoms with E-state index in [0.717, 1.165) is 44.9 Å². The van der Waals surface area contributed by atoms with Gasteiger partial charge in [-0.25, -0.2) is 0 Å². The summed E-state index contributed by atoms with van der Waals surface area (Å²) in [5, 5.41) is 2.89. The monoisotopic (exact) mass is 416 g/mol. The highest BCUT2D eigenvalue weighted by Gasteiger charge is 2.29. The summed E-state index contributed by atoms with van der Waals surface area (Å²) < 4.78 is 0. The molecule has 0 aliphatic heterocycles. The summed E-state index contributed by atoms with van der Waals surface area (Å²) in [5.41, 5.74) is 0.936. The maximum atomic E-state index is 12.6. The standard InChI is InChI=1S/C25H40N2O3/c1-6-9-10-11-16-24(30)27(5)21-15-13-12-14-20(21)26-23(29)18-17-22(28)25(4,8-3)19-7-2/h12-15H,6-11,16-19H2,1-5H3,(H,26,29). The molecule has 5 nitrogen and oxygen atoms in total. The molecule has 0 fully saturated rings. The van der Waals surface area contributed by atoms with Crippen molar-refractivity contribution in [3.63, 3.8) is 0 Å². The average Bonchev–Trinajstić information content (AvgIpc) is 2.74. The first-order valence-electron chi connectivity index (χ1n) is 11.5. The molecule has 1 N–H and O–H groups in total. The van der Waals surface area contributed by atoms with E-state index in [4.69, 9.17) is 0 Å². The van der Waals surface area contributed by atoms with Gasteiger partial charge < -0.3 is 10.2 Å². The molecule has 1 atom stereocenters. The van der Waals surface area contributed by atoms with Crippen LogP contribution in [0.15, 0.2) is 24.3 Å². The Hall–Kier alpha value is -2.17. The Kier molecular flexibility index (Phi) is 11.4. The van der Waals surface area contributed by atoms with Crippen molar-refractivity contribution in [2.75, 3.05) is 17.3 Å². The molecule has 0 heterocycles. The molecule has 0 aromatic heterocycles. The SMILES string of the molecule is CCCCCCC(=O)N(C)c1ccccc1NC(=O)CCC(=O)C(C)(CC)CCC. The molecule has 168 valence electrons. The average molecular weight is 417 g/mol. The number of hydrogen-bond acceptors (Lipinski definition) is 3. The van der Waals surface area contributed by atoms with Crippen molar-refractivity contribution in [3.05, 3.63) is 24.3 Å². The third kappa shape index (κ3) is 7.92. The highest BCUT2D eigenvalue weighted by Crippen LogP contribution is 2.31. The van der Waals surface area contributed by atoms with Crippen molar-refractivity contribution < 1.29 is 14.4 Å². The van der Waals surface area contributed by atoms with Crippen molar-refractivity contribution in [1.82, 2.24) is 0 Å². The second-order valence-corrected chi connectivity index (χ2v) is 8.42. The number of benzene rings is 1. The van der Waals surface area contributed by atoms with Gasteiger partial charge in [-0.3, -0.25) is 14.4 Å². The molecular formula is C25H40N2O3. The molecule has 0 spiro atoms. The van der Waals surface area contributed by atoms with E-state index in [-0.39, 0.29) is 35.9 Å². The first-order chi connectivity index (χ1) is 14.3. The quantitative estimate of drug-likeness (QED) is 0.371. The van der Waals surface area contributed by atoms with Crippen LogP contribution in [0.4, 0.5) is 11.4 Å². The molecular weight excluding hydrogens is 376 g/mol. The van der Waals surface area contributed by atoms with Gasteiger partial charge in [0.15, 0.2) is 0 Å². The third-order valence-electron chi connectivity index (χ3n) is 5.99. The maximum Gasteiger partial charge on any atom is 0.226 e. The molecule has 1 rings (SSSR count). The van der Waals surface area contributed by atoms with Gasteiger partial charge in [0.25, 0.3) is 0 Å². The van der Waals surface area contributed by atoms with Gasteiger partial charge in [0.1, 0.15) is 5.78 Å². The third-order valence-corrected chi connectivity index (χ3v) is 5.99. The first kappa shape index (κ1) is 25.9. The summed E-state index contributed by atoms with van der Waals surface area (Å²) in [6, 6.07) is 7.31. The Labute approximate surface area is 182 Å². The van der Waals surface area contributed by atoms with Gasteiger partial charge in [0.05, 0.1) is 11.4 Å². The first-order valence-corrected chi connectivity index (χ1v) is 11.5. The summed E-state index contributed by atoms with van der Waals surface area (Å²) in [6.07, 6.45) is 7.68. The van der Waals surface area contributed by atoms with Crippen molar-refractivity contribution in [3.8, 4) is 0 Å². The largest absolute Gasteiger partial charge is 0.324 e. The highest BCUT2D eigenvalue weighted by molar-refractivity contribution is 6.01. The maximum absolute atomic E-state index is 12.6. The van der Waals surface area contributed by atoms with Crippen LogP contribution in [0.2, 0.25) is 0 Å². The Morgan fingerprint density at radius 1 is 0.933 bits per heavy atom. The van der Waals surface area contributed by atoms with Crippen molar-refractivity contribution in [2.24, 2.45) is 5.41 Å². The summed E-state index contributed by atoms with van der Waals surface area (Å²) in [4.78, 5) is 39.3. The predicted molar refractivity (Wildman–Crippen MR) is 125 cm³/mol. The number of para-hydroxylation sites is 2. The van der Waals surface area contributed by atoms with E-state index >= 15 is 0 Å². The van der Waals surface area contributed by atoms with Crippen LogP contribution in [0.3, 0.4) is 0 Å². The van der Waals surface area contributed by atoms with E-state index in [9.17, 15) is 14.4 Å².